The molecule has 0 aliphatic rings. The maximum atomic E-state index is 11.7. The Labute approximate surface area is 173 Å². The van der Waals surface area contributed by atoms with E-state index in [1.807, 2.05) is 43.3 Å². The van der Waals surface area contributed by atoms with Crippen molar-refractivity contribution >= 4 is 5.97 Å². The molecule has 6 heteroatoms. The molecule has 0 radical (unpaired) electrons. The first kappa shape index (κ1) is 19.3. The summed E-state index contributed by atoms with van der Waals surface area (Å²) in [6.07, 6.45) is 0. The Bertz CT molecular complexity index is 1210. The van der Waals surface area contributed by atoms with E-state index in [0.29, 0.717) is 28.6 Å². The fraction of sp³-hybridized carbons (Fsp3) is 0.0833. The van der Waals surface area contributed by atoms with Gasteiger partial charge in [-0.2, -0.15) is 0 Å². The van der Waals surface area contributed by atoms with Gasteiger partial charge in [0.05, 0.1) is 18.2 Å². The van der Waals surface area contributed by atoms with Gasteiger partial charge in [0.25, 0.3) is 0 Å². The summed E-state index contributed by atoms with van der Waals surface area (Å²) in [5.74, 6) is 0.996. The standard InChI is InChI=1S/C24H19N3O3/c1-15-8-13-19(20(28)14-15)23-26-21(16-6-4-3-5-7-16)25-22(27-23)17-9-11-18(12-10-17)24(29)30-2/h3-14,28H,1-2H3. The average molecular weight is 397 g/mol. The van der Waals surface area contributed by atoms with Crippen molar-refractivity contribution in [3.05, 3.63) is 83.9 Å². The van der Waals surface area contributed by atoms with Crippen LogP contribution in [0.4, 0.5) is 0 Å². The molecule has 0 bridgehead atoms. The predicted octanol–water partition coefficient (Wildman–Crippen LogP) is 4.67. The van der Waals surface area contributed by atoms with Crippen molar-refractivity contribution in [3.8, 4) is 39.9 Å². The fourth-order valence-corrected chi connectivity index (χ4v) is 3.05. The van der Waals surface area contributed by atoms with Crippen LogP contribution in [0.2, 0.25) is 0 Å². The van der Waals surface area contributed by atoms with E-state index in [0.717, 1.165) is 16.7 Å². The van der Waals surface area contributed by atoms with Gasteiger partial charge in [-0.15, -0.1) is 0 Å². The van der Waals surface area contributed by atoms with Crippen LogP contribution in [0.3, 0.4) is 0 Å². The number of carbonyl (C=O) groups is 1. The summed E-state index contributed by atoms with van der Waals surface area (Å²) in [4.78, 5) is 25.5. The van der Waals surface area contributed by atoms with Crippen LogP contribution in [0, 0.1) is 6.92 Å². The number of phenols is 1. The first-order chi connectivity index (χ1) is 14.5. The summed E-state index contributed by atoms with van der Waals surface area (Å²) in [5, 5.41) is 10.4. The Morgan fingerprint density at radius 2 is 1.40 bits per heavy atom. The van der Waals surface area contributed by atoms with Gasteiger partial charge in [-0.05, 0) is 36.8 Å². The van der Waals surface area contributed by atoms with E-state index in [1.54, 1.807) is 36.4 Å². The van der Waals surface area contributed by atoms with Crippen LogP contribution < -0.4 is 0 Å². The minimum atomic E-state index is -0.410. The third-order valence-electron chi connectivity index (χ3n) is 4.63. The molecule has 0 saturated heterocycles. The lowest BCUT2D eigenvalue weighted by Crippen LogP contribution is -2.02. The van der Waals surface area contributed by atoms with Crippen molar-refractivity contribution in [2.24, 2.45) is 0 Å². The molecule has 4 aromatic rings. The second kappa shape index (κ2) is 8.13. The van der Waals surface area contributed by atoms with E-state index in [9.17, 15) is 9.90 Å². The van der Waals surface area contributed by atoms with Gasteiger partial charge in [0.2, 0.25) is 0 Å². The highest BCUT2D eigenvalue weighted by molar-refractivity contribution is 5.89. The van der Waals surface area contributed by atoms with Crippen molar-refractivity contribution in [2.75, 3.05) is 7.11 Å². The molecule has 0 saturated carbocycles. The van der Waals surface area contributed by atoms with Gasteiger partial charge in [0.1, 0.15) is 5.75 Å². The highest BCUT2D eigenvalue weighted by atomic mass is 16.5. The smallest absolute Gasteiger partial charge is 0.337 e. The van der Waals surface area contributed by atoms with E-state index in [2.05, 4.69) is 15.0 Å². The summed E-state index contributed by atoms with van der Waals surface area (Å²) >= 11 is 0. The molecular weight excluding hydrogens is 378 g/mol. The van der Waals surface area contributed by atoms with Crippen LogP contribution in [-0.2, 0) is 4.74 Å². The van der Waals surface area contributed by atoms with Crippen molar-refractivity contribution < 1.29 is 14.6 Å². The number of aromatic nitrogens is 3. The molecule has 0 atom stereocenters. The van der Waals surface area contributed by atoms with Crippen LogP contribution in [0.5, 0.6) is 5.75 Å². The molecule has 3 aromatic carbocycles. The summed E-state index contributed by atoms with van der Waals surface area (Å²) in [6, 6.07) is 21.8. The Kier molecular flexibility index (Phi) is 5.22. The van der Waals surface area contributed by atoms with Gasteiger partial charge >= 0.3 is 5.97 Å². The Morgan fingerprint density at radius 3 is 2.00 bits per heavy atom. The molecule has 1 heterocycles. The number of aryl methyl sites for hydroxylation is 1. The SMILES string of the molecule is COC(=O)c1ccc(-c2nc(-c3ccccc3)nc(-c3ccc(C)cc3O)n2)cc1. The molecule has 148 valence electrons. The van der Waals surface area contributed by atoms with Crippen molar-refractivity contribution in [1.82, 2.24) is 15.0 Å². The molecule has 0 amide bonds. The van der Waals surface area contributed by atoms with Crippen molar-refractivity contribution in [3.63, 3.8) is 0 Å². The zero-order valence-corrected chi connectivity index (χ0v) is 16.5. The van der Waals surface area contributed by atoms with Gasteiger partial charge in [-0.1, -0.05) is 48.5 Å². The molecule has 0 unspecified atom stereocenters. The van der Waals surface area contributed by atoms with Gasteiger partial charge in [-0.3, -0.25) is 0 Å². The maximum absolute atomic E-state index is 11.7. The van der Waals surface area contributed by atoms with Gasteiger partial charge in [-0.25, -0.2) is 19.7 Å². The van der Waals surface area contributed by atoms with E-state index >= 15 is 0 Å². The number of aromatic hydroxyl groups is 1. The molecule has 0 aliphatic heterocycles. The molecule has 30 heavy (non-hydrogen) atoms. The van der Waals surface area contributed by atoms with E-state index < -0.39 is 5.97 Å². The summed E-state index contributed by atoms with van der Waals surface area (Å²) in [5.41, 5.74) is 3.45. The van der Waals surface area contributed by atoms with Crippen LogP contribution in [0.1, 0.15) is 15.9 Å². The number of hydrogen-bond acceptors (Lipinski definition) is 6. The number of phenolic OH excluding ortho intramolecular Hbond substituents is 1. The number of hydrogen-bond donors (Lipinski definition) is 1. The maximum Gasteiger partial charge on any atom is 0.337 e. The Morgan fingerprint density at radius 1 is 0.800 bits per heavy atom. The highest BCUT2D eigenvalue weighted by Gasteiger charge is 2.15. The summed E-state index contributed by atoms with van der Waals surface area (Å²) in [7, 11) is 1.34. The minimum Gasteiger partial charge on any atom is -0.507 e. The first-order valence-corrected chi connectivity index (χ1v) is 9.35. The fourth-order valence-electron chi connectivity index (χ4n) is 3.05. The quantitative estimate of drug-likeness (QED) is 0.504. The lowest BCUT2D eigenvalue weighted by molar-refractivity contribution is 0.0600. The highest BCUT2D eigenvalue weighted by Crippen LogP contribution is 2.30. The zero-order valence-electron chi connectivity index (χ0n) is 16.5. The lowest BCUT2D eigenvalue weighted by Gasteiger charge is -2.10. The number of nitrogens with zero attached hydrogens (tertiary/aromatic N) is 3. The number of rotatable bonds is 4. The van der Waals surface area contributed by atoms with Crippen LogP contribution in [0.15, 0.2) is 72.8 Å². The number of methoxy groups -OCH3 is 1. The molecule has 0 spiro atoms. The van der Waals surface area contributed by atoms with E-state index in [1.165, 1.54) is 7.11 Å². The summed E-state index contributed by atoms with van der Waals surface area (Å²) in [6.45, 7) is 1.90. The van der Waals surface area contributed by atoms with Crippen LogP contribution in [-0.4, -0.2) is 33.1 Å². The number of carbonyl (C=O) groups excluding carboxylic acids is 1. The number of ether oxygens (including phenoxy) is 1. The van der Waals surface area contributed by atoms with Gasteiger partial charge in [0.15, 0.2) is 17.5 Å². The number of esters is 1. The molecule has 1 aromatic heterocycles. The lowest BCUT2D eigenvalue weighted by atomic mass is 10.1. The Hall–Kier alpha value is -4.06. The molecule has 4 rings (SSSR count). The molecule has 0 fully saturated rings. The molecule has 0 aliphatic carbocycles. The third-order valence-corrected chi connectivity index (χ3v) is 4.63. The largest absolute Gasteiger partial charge is 0.507 e. The normalized spacial score (nSPS) is 10.6. The number of benzene rings is 3. The Balaban J connectivity index is 1.87. The summed E-state index contributed by atoms with van der Waals surface area (Å²) < 4.78 is 4.75. The second-order valence-corrected chi connectivity index (χ2v) is 6.76. The van der Waals surface area contributed by atoms with Gasteiger partial charge in [0, 0.05) is 11.1 Å². The topological polar surface area (TPSA) is 85.2 Å². The predicted molar refractivity (Wildman–Crippen MR) is 114 cm³/mol. The third kappa shape index (κ3) is 3.89. The van der Waals surface area contributed by atoms with Gasteiger partial charge < -0.3 is 9.84 Å². The zero-order chi connectivity index (χ0) is 21.1. The first-order valence-electron chi connectivity index (χ1n) is 9.35. The van der Waals surface area contributed by atoms with E-state index in [-0.39, 0.29) is 5.75 Å². The average Bonchev–Trinajstić information content (AvgIpc) is 2.79. The van der Waals surface area contributed by atoms with Crippen molar-refractivity contribution in [2.45, 2.75) is 6.92 Å². The molecule has 6 nitrogen and oxygen atoms in total. The second-order valence-electron chi connectivity index (χ2n) is 6.76. The van der Waals surface area contributed by atoms with E-state index in [4.69, 9.17) is 4.74 Å². The van der Waals surface area contributed by atoms with Crippen LogP contribution in [0.25, 0.3) is 34.2 Å². The molecule has 1 N–H and O–H groups in total. The van der Waals surface area contributed by atoms with Crippen molar-refractivity contribution in [1.29, 1.82) is 0 Å². The van der Waals surface area contributed by atoms with Crippen LogP contribution >= 0.6 is 0 Å². The monoisotopic (exact) mass is 397 g/mol. The minimum absolute atomic E-state index is 0.104. The molecular formula is C24H19N3O3.